The number of hydrogen-bond donors (Lipinski definition) is 4. The summed E-state index contributed by atoms with van der Waals surface area (Å²) in [5.74, 6) is -4.29. The molecule has 2 heterocycles. The van der Waals surface area contributed by atoms with Gasteiger partial charge in [0.1, 0.15) is 22.8 Å². The molecular weight excluding hydrogens is 324 g/mol. The Bertz CT molecular complexity index is 779. The summed E-state index contributed by atoms with van der Waals surface area (Å²) >= 11 is 0. The van der Waals surface area contributed by atoms with Crippen molar-refractivity contribution in [3.63, 3.8) is 0 Å². The second kappa shape index (κ2) is 5.53. The fraction of sp³-hybridized carbons (Fsp3) is 0.267. The molecule has 0 aromatic heterocycles. The lowest BCUT2D eigenvalue weighted by Gasteiger charge is -2.33. The molecule has 126 valence electrons. The number of aromatic hydroxyl groups is 2. The van der Waals surface area contributed by atoms with Crippen LogP contribution in [0.2, 0.25) is 0 Å². The van der Waals surface area contributed by atoms with Gasteiger partial charge < -0.3 is 29.9 Å². The fourth-order valence-corrected chi connectivity index (χ4v) is 2.67. The molecule has 0 saturated heterocycles. The molecule has 2 aliphatic rings. The van der Waals surface area contributed by atoms with E-state index in [4.69, 9.17) is 9.84 Å². The molecule has 24 heavy (non-hydrogen) atoms. The van der Waals surface area contributed by atoms with E-state index >= 15 is 0 Å². The molecule has 1 aromatic rings. The van der Waals surface area contributed by atoms with Crippen LogP contribution in [0.3, 0.4) is 0 Å². The number of carbonyl (C=O) groups is 3. The van der Waals surface area contributed by atoms with Crippen LogP contribution in [0.5, 0.6) is 17.2 Å². The summed E-state index contributed by atoms with van der Waals surface area (Å²) in [4.78, 5) is 34.8. The van der Waals surface area contributed by atoms with Crippen LogP contribution in [0.25, 0.3) is 0 Å². The van der Waals surface area contributed by atoms with Gasteiger partial charge in [0, 0.05) is 24.6 Å². The average Bonchev–Trinajstić information content (AvgIpc) is 2.49. The van der Waals surface area contributed by atoms with Gasteiger partial charge in [0.05, 0.1) is 0 Å². The van der Waals surface area contributed by atoms with Gasteiger partial charge in [-0.05, 0) is 5.57 Å². The Morgan fingerprint density at radius 3 is 2.54 bits per heavy atom. The number of phenols is 2. The first kappa shape index (κ1) is 15.8. The number of aliphatic carboxylic acids is 1. The molecule has 0 fully saturated rings. The van der Waals surface area contributed by atoms with Crippen molar-refractivity contribution < 1.29 is 44.3 Å². The van der Waals surface area contributed by atoms with E-state index in [1.165, 1.54) is 0 Å². The first-order valence-corrected chi connectivity index (χ1v) is 6.86. The van der Waals surface area contributed by atoms with Gasteiger partial charge in [-0.25, -0.2) is 9.59 Å². The SMILES string of the molecule is O=C1C=C([C@H]2Oc3cc(O)cc(O)c3C(=O)[C@@H]2O)CC(C(=O)O)O1. The Labute approximate surface area is 134 Å². The van der Waals surface area contributed by atoms with Gasteiger partial charge in [0.15, 0.2) is 12.2 Å². The third-order valence-electron chi connectivity index (χ3n) is 3.75. The summed E-state index contributed by atoms with van der Waals surface area (Å²) in [6.07, 6.45) is -3.85. The normalized spacial score (nSPS) is 26.0. The number of aliphatic hydroxyl groups excluding tert-OH is 1. The zero-order valence-corrected chi connectivity index (χ0v) is 12.0. The molecule has 0 bridgehead atoms. The second-order valence-electron chi connectivity index (χ2n) is 5.37. The predicted octanol–water partition coefficient (Wildman–Crippen LogP) is -0.271. The zero-order chi connectivity index (χ0) is 17.6. The summed E-state index contributed by atoms with van der Waals surface area (Å²) in [6.45, 7) is 0. The first-order chi connectivity index (χ1) is 11.3. The van der Waals surface area contributed by atoms with Crippen molar-refractivity contribution in [2.75, 3.05) is 0 Å². The number of carbonyl (C=O) groups excluding carboxylic acids is 2. The molecule has 0 radical (unpaired) electrons. The van der Waals surface area contributed by atoms with Crippen molar-refractivity contribution in [1.29, 1.82) is 0 Å². The lowest BCUT2D eigenvalue weighted by molar-refractivity contribution is -0.162. The maximum atomic E-state index is 12.3. The van der Waals surface area contributed by atoms with Crippen LogP contribution in [0, 0.1) is 0 Å². The molecule has 1 aromatic carbocycles. The maximum absolute atomic E-state index is 12.3. The monoisotopic (exact) mass is 336 g/mol. The number of rotatable bonds is 2. The highest BCUT2D eigenvalue weighted by molar-refractivity contribution is 6.06. The van der Waals surface area contributed by atoms with Gasteiger partial charge in [0.25, 0.3) is 0 Å². The summed E-state index contributed by atoms with van der Waals surface area (Å²) in [7, 11) is 0. The average molecular weight is 336 g/mol. The molecule has 4 N–H and O–H groups in total. The van der Waals surface area contributed by atoms with E-state index in [9.17, 15) is 29.7 Å². The van der Waals surface area contributed by atoms with Crippen LogP contribution in [0.15, 0.2) is 23.8 Å². The Morgan fingerprint density at radius 2 is 1.88 bits per heavy atom. The van der Waals surface area contributed by atoms with Gasteiger partial charge in [-0.1, -0.05) is 0 Å². The number of phenolic OH excluding ortho intramolecular Hbond substituents is 2. The first-order valence-electron chi connectivity index (χ1n) is 6.86. The second-order valence-corrected chi connectivity index (χ2v) is 5.37. The third kappa shape index (κ3) is 2.54. The zero-order valence-electron chi connectivity index (χ0n) is 12.0. The predicted molar refractivity (Wildman–Crippen MR) is 74.7 cm³/mol. The van der Waals surface area contributed by atoms with Crippen molar-refractivity contribution in [2.45, 2.75) is 24.7 Å². The quantitative estimate of drug-likeness (QED) is 0.535. The smallest absolute Gasteiger partial charge is 0.345 e. The number of cyclic esters (lactones) is 1. The Hall–Kier alpha value is -3.07. The fourth-order valence-electron chi connectivity index (χ4n) is 2.67. The highest BCUT2D eigenvalue weighted by Crippen LogP contribution is 2.40. The van der Waals surface area contributed by atoms with E-state index in [-0.39, 0.29) is 29.1 Å². The summed E-state index contributed by atoms with van der Waals surface area (Å²) in [6, 6.07) is 1.99. The molecule has 0 amide bonds. The number of Topliss-reactive ketones (excluding diaryl/α,β-unsaturated/α-hetero) is 1. The molecule has 0 saturated carbocycles. The molecule has 2 aliphatic heterocycles. The van der Waals surface area contributed by atoms with E-state index < -0.39 is 41.8 Å². The van der Waals surface area contributed by atoms with E-state index in [2.05, 4.69) is 4.74 Å². The number of benzene rings is 1. The lowest BCUT2D eigenvalue weighted by atomic mass is 9.89. The van der Waals surface area contributed by atoms with Gasteiger partial charge in [-0.15, -0.1) is 0 Å². The number of fused-ring (bicyclic) bond motifs is 1. The summed E-state index contributed by atoms with van der Waals surface area (Å²) in [5, 5.41) is 38.4. The van der Waals surface area contributed by atoms with Gasteiger partial charge in [-0.2, -0.15) is 0 Å². The van der Waals surface area contributed by atoms with E-state index in [0.717, 1.165) is 18.2 Å². The molecule has 3 atom stereocenters. The molecule has 0 aliphatic carbocycles. The third-order valence-corrected chi connectivity index (χ3v) is 3.75. The number of carboxylic acids is 1. The summed E-state index contributed by atoms with van der Waals surface area (Å²) in [5.41, 5.74) is -0.238. The van der Waals surface area contributed by atoms with Crippen molar-refractivity contribution in [3.8, 4) is 17.2 Å². The van der Waals surface area contributed by atoms with Crippen molar-refractivity contribution in [2.24, 2.45) is 0 Å². The van der Waals surface area contributed by atoms with Crippen LogP contribution in [0.1, 0.15) is 16.8 Å². The minimum Gasteiger partial charge on any atom is -0.508 e. The van der Waals surface area contributed by atoms with Crippen LogP contribution in [-0.2, 0) is 14.3 Å². The standard InChI is InChI=1S/C15H12O9/c16-6-3-7(17)11-8(4-6)24-14(13(20)12(11)19)5-1-9(15(21)22)23-10(18)2-5/h2-4,9,13-14,16-17,20H,1H2,(H,21,22)/t9?,13-,14+/m0/s1. The Kier molecular flexibility index (Phi) is 3.64. The minimum absolute atomic E-state index is 0.0629. The van der Waals surface area contributed by atoms with Gasteiger partial charge >= 0.3 is 11.9 Å². The van der Waals surface area contributed by atoms with Crippen LogP contribution < -0.4 is 4.74 Å². The van der Waals surface area contributed by atoms with Crippen LogP contribution in [-0.4, -0.2) is 56.5 Å². The van der Waals surface area contributed by atoms with Crippen molar-refractivity contribution >= 4 is 17.7 Å². The van der Waals surface area contributed by atoms with E-state index in [0.29, 0.717) is 0 Å². The number of esters is 1. The molecule has 9 nitrogen and oxygen atoms in total. The largest absolute Gasteiger partial charge is 0.508 e. The topological polar surface area (TPSA) is 151 Å². The van der Waals surface area contributed by atoms with E-state index in [1.807, 2.05) is 0 Å². The van der Waals surface area contributed by atoms with Gasteiger partial charge in [0.2, 0.25) is 11.9 Å². The number of aliphatic hydroxyl groups is 1. The summed E-state index contributed by atoms with van der Waals surface area (Å²) < 4.78 is 10.1. The van der Waals surface area contributed by atoms with Gasteiger partial charge in [-0.3, -0.25) is 4.79 Å². The van der Waals surface area contributed by atoms with Crippen molar-refractivity contribution in [3.05, 3.63) is 29.3 Å². The number of ketones is 1. The van der Waals surface area contributed by atoms with Crippen LogP contribution in [0.4, 0.5) is 0 Å². The van der Waals surface area contributed by atoms with Crippen LogP contribution >= 0.6 is 0 Å². The Morgan fingerprint density at radius 1 is 1.17 bits per heavy atom. The number of hydrogen-bond acceptors (Lipinski definition) is 8. The molecule has 0 spiro atoms. The molecule has 3 rings (SSSR count). The minimum atomic E-state index is -1.75. The molecular formula is C15H12O9. The highest BCUT2D eigenvalue weighted by atomic mass is 16.6. The molecule has 9 heteroatoms. The lowest BCUT2D eigenvalue weighted by Crippen LogP contribution is -2.46. The Balaban J connectivity index is 1.99. The molecule has 1 unspecified atom stereocenters. The number of carboxylic acid groups (broad SMARTS) is 1. The number of ether oxygens (including phenoxy) is 2. The highest BCUT2D eigenvalue weighted by Gasteiger charge is 2.42. The van der Waals surface area contributed by atoms with E-state index in [1.54, 1.807) is 0 Å². The maximum Gasteiger partial charge on any atom is 0.345 e. The van der Waals surface area contributed by atoms with Crippen molar-refractivity contribution in [1.82, 2.24) is 0 Å².